The second-order valence-corrected chi connectivity index (χ2v) is 7.46. The summed E-state index contributed by atoms with van der Waals surface area (Å²) >= 11 is 1.77. The number of carbonyl (C=O) groups excluding carboxylic acids is 1. The Hall–Kier alpha value is -2.44. The molecule has 0 saturated carbocycles. The molecule has 4 rings (SSSR count). The highest BCUT2D eigenvalue weighted by atomic mass is 32.1. The lowest BCUT2D eigenvalue weighted by molar-refractivity contribution is 0.0601. The number of rotatable bonds is 4. The van der Waals surface area contributed by atoms with Gasteiger partial charge in [-0.15, -0.1) is 11.3 Å². The van der Waals surface area contributed by atoms with Crippen LogP contribution in [0.3, 0.4) is 0 Å². The van der Waals surface area contributed by atoms with Crippen LogP contribution in [0.1, 0.15) is 15.4 Å². The Morgan fingerprint density at radius 2 is 1.81 bits per heavy atom. The summed E-state index contributed by atoms with van der Waals surface area (Å²) in [4.78, 5) is 21.4. The zero-order valence-electron chi connectivity index (χ0n) is 14.7. The third kappa shape index (κ3) is 3.43. The molecule has 0 atom stereocenters. The molecule has 0 amide bonds. The molecule has 134 valence electrons. The number of fused-ring (bicyclic) bond motifs is 1. The summed E-state index contributed by atoms with van der Waals surface area (Å²) in [6.45, 7) is 4.56. The van der Waals surface area contributed by atoms with Crippen LogP contribution in [0.4, 0.5) is 5.69 Å². The van der Waals surface area contributed by atoms with Gasteiger partial charge in [0.1, 0.15) is 5.01 Å². The van der Waals surface area contributed by atoms with Gasteiger partial charge in [-0.1, -0.05) is 24.3 Å². The summed E-state index contributed by atoms with van der Waals surface area (Å²) in [7, 11) is 1.43. The van der Waals surface area contributed by atoms with Crippen molar-refractivity contribution in [3.8, 4) is 0 Å². The van der Waals surface area contributed by atoms with E-state index in [0.717, 1.165) is 48.9 Å². The topological polar surface area (TPSA) is 45.7 Å². The first-order valence-electron chi connectivity index (χ1n) is 8.73. The predicted octanol–water partition coefficient (Wildman–Crippen LogP) is 3.41. The average molecular weight is 367 g/mol. The number of nitrogens with zero attached hydrogens (tertiary/aromatic N) is 3. The molecule has 0 unspecified atom stereocenters. The molecule has 26 heavy (non-hydrogen) atoms. The summed E-state index contributed by atoms with van der Waals surface area (Å²) in [5, 5.41) is 1.16. The van der Waals surface area contributed by atoms with E-state index in [2.05, 4.69) is 28.0 Å². The van der Waals surface area contributed by atoms with Gasteiger partial charge in [0, 0.05) is 26.2 Å². The molecule has 0 aliphatic carbocycles. The minimum absolute atomic E-state index is 0.280. The van der Waals surface area contributed by atoms with Crippen molar-refractivity contribution in [2.75, 3.05) is 38.2 Å². The van der Waals surface area contributed by atoms with Crippen LogP contribution in [-0.2, 0) is 11.3 Å². The molecule has 1 aromatic heterocycles. The minimum Gasteiger partial charge on any atom is -0.465 e. The number of aromatic nitrogens is 1. The van der Waals surface area contributed by atoms with E-state index in [1.54, 1.807) is 11.3 Å². The Labute approximate surface area is 156 Å². The Bertz CT molecular complexity index is 883. The van der Waals surface area contributed by atoms with Crippen LogP contribution in [-0.4, -0.2) is 49.1 Å². The molecular formula is C20H21N3O2S. The molecule has 0 radical (unpaired) electrons. The highest BCUT2D eigenvalue weighted by Crippen LogP contribution is 2.25. The summed E-state index contributed by atoms with van der Waals surface area (Å²) < 4.78 is 6.16. The summed E-state index contributed by atoms with van der Waals surface area (Å²) in [6.07, 6.45) is 0. The third-order valence-electron chi connectivity index (χ3n) is 4.72. The molecule has 0 N–H and O–H groups in total. The number of methoxy groups -OCH3 is 1. The van der Waals surface area contributed by atoms with Crippen molar-refractivity contribution in [1.29, 1.82) is 0 Å². The molecule has 2 heterocycles. The van der Waals surface area contributed by atoms with E-state index >= 15 is 0 Å². The predicted molar refractivity (Wildman–Crippen MR) is 105 cm³/mol. The molecule has 0 bridgehead atoms. The zero-order chi connectivity index (χ0) is 17.9. The van der Waals surface area contributed by atoms with Crippen molar-refractivity contribution in [1.82, 2.24) is 9.88 Å². The number of hydrogen-bond donors (Lipinski definition) is 0. The standard InChI is InChI=1S/C20H21N3O2S/c1-25-20(24)15-6-2-4-8-17(15)23-12-10-22(11-13-23)14-19-21-16-7-3-5-9-18(16)26-19/h2-9H,10-14H2,1H3. The molecular weight excluding hydrogens is 346 g/mol. The van der Waals surface area contributed by atoms with E-state index in [0.29, 0.717) is 5.56 Å². The lowest BCUT2D eigenvalue weighted by Crippen LogP contribution is -2.46. The number of thiazole rings is 1. The van der Waals surface area contributed by atoms with Crippen LogP contribution in [0.5, 0.6) is 0 Å². The number of piperazine rings is 1. The number of benzene rings is 2. The molecule has 1 fully saturated rings. The summed E-state index contributed by atoms with van der Waals surface area (Å²) in [5.74, 6) is -0.280. The number of ether oxygens (including phenoxy) is 1. The molecule has 5 nitrogen and oxygen atoms in total. The van der Waals surface area contributed by atoms with Crippen LogP contribution < -0.4 is 4.90 Å². The van der Waals surface area contributed by atoms with Crippen molar-refractivity contribution in [3.63, 3.8) is 0 Å². The van der Waals surface area contributed by atoms with Crippen LogP contribution in [0.2, 0.25) is 0 Å². The van der Waals surface area contributed by atoms with Gasteiger partial charge in [-0.3, -0.25) is 4.90 Å². The van der Waals surface area contributed by atoms with Crippen molar-refractivity contribution in [2.24, 2.45) is 0 Å². The SMILES string of the molecule is COC(=O)c1ccccc1N1CCN(Cc2nc3ccccc3s2)CC1. The van der Waals surface area contributed by atoms with Gasteiger partial charge in [0.25, 0.3) is 0 Å². The summed E-state index contributed by atoms with van der Waals surface area (Å²) in [6, 6.07) is 15.9. The Morgan fingerprint density at radius 1 is 1.08 bits per heavy atom. The average Bonchev–Trinajstić information content (AvgIpc) is 3.10. The Kier molecular flexibility index (Phi) is 4.86. The first kappa shape index (κ1) is 17.0. The van der Waals surface area contributed by atoms with E-state index < -0.39 is 0 Å². The van der Waals surface area contributed by atoms with Crippen molar-refractivity contribution < 1.29 is 9.53 Å². The first-order chi connectivity index (χ1) is 12.7. The Balaban J connectivity index is 1.42. The zero-order valence-corrected chi connectivity index (χ0v) is 15.5. The van der Waals surface area contributed by atoms with Gasteiger partial charge < -0.3 is 9.64 Å². The van der Waals surface area contributed by atoms with E-state index in [1.807, 2.05) is 30.3 Å². The first-order valence-corrected chi connectivity index (χ1v) is 9.55. The van der Waals surface area contributed by atoms with Crippen LogP contribution in [0, 0.1) is 0 Å². The van der Waals surface area contributed by atoms with Gasteiger partial charge in [-0.25, -0.2) is 9.78 Å². The van der Waals surface area contributed by atoms with Crippen molar-refractivity contribution in [3.05, 3.63) is 59.1 Å². The van der Waals surface area contributed by atoms with Gasteiger partial charge in [-0.2, -0.15) is 0 Å². The van der Waals surface area contributed by atoms with E-state index in [9.17, 15) is 4.79 Å². The Morgan fingerprint density at radius 3 is 2.58 bits per heavy atom. The maximum Gasteiger partial charge on any atom is 0.339 e. The lowest BCUT2D eigenvalue weighted by Gasteiger charge is -2.36. The quantitative estimate of drug-likeness (QED) is 0.662. The second kappa shape index (κ2) is 7.43. The number of para-hydroxylation sites is 2. The van der Waals surface area contributed by atoms with Crippen molar-refractivity contribution >= 4 is 33.2 Å². The van der Waals surface area contributed by atoms with Crippen LogP contribution >= 0.6 is 11.3 Å². The highest BCUT2D eigenvalue weighted by molar-refractivity contribution is 7.18. The number of hydrogen-bond acceptors (Lipinski definition) is 6. The van der Waals surface area contributed by atoms with Crippen molar-refractivity contribution in [2.45, 2.75) is 6.54 Å². The smallest absolute Gasteiger partial charge is 0.339 e. The van der Waals surface area contributed by atoms with Gasteiger partial charge in [0.05, 0.1) is 35.1 Å². The number of anilines is 1. The third-order valence-corrected chi connectivity index (χ3v) is 5.74. The lowest BCUT2D eigenvalue weighted by atomic mass is 10.1. The molecule has 3 aromatic rings. The fourth-order valence-electron chi connectivity index (χ4n) is 3.36. The normalized spacial score (nSPS) is 15.3. The highest BCUT2D eigenvalue weighted by Gasteiger charge is 2.22. The van der Waals surface area contributed by atoms with Crippen LogP contribution in [0.25, 0.3) is 10.2 Å². The number of carbonyl (C=O) groups is 1. The fraction of sp³-hybridized carbons (Fsp3) is 0.300. The number of esters is 1. The van der Waals surface area contributed by atoms with Gasteiger partial charge in [0.15, 0.2) is 0 Å². The molecule has 1 saturated heterocycles. The maximum absolute atomic E-state index is 12.0. The van der Waals surface area contributed by atoms with E-state index in [4.69, 9.17) is 9.72 Å². The van der Waals surface area contributed by atoms with Gasteiger partial charge in [-0.05, 0) is 24.3 Å². The van der Waals surface area contributed by atoms with Gasteiger partial charge in [0.2, 0.25) is 0 Å². The second-order valence-electron chi connectivity index (χ2n) is 6.35. The van der Waals surface area contributed by atoms with Gasteiger partial charge >= 0.3 is 5.97 Å². The molecule has 0 spiro atoms. The molecule has 6 heteroatoms. The maximum atomic E-state index is 12.0. The monoisotopic (exact) mass is 367 g/mol. The van der Waals surface area contributed by atoms with E-state index in [1.165, 1.54) is 11.8 Å². The van der Waals surface area contributed by atoms with Crippen LogP contribution in [0.15, 0.2) is 48.5 Å². The molecule has 1 aliphatic heterocycles. The summed E-state index contributed by atoms with van der Waals surface area (Å²) in [5.41, 5.74) is 2.67. The fourth-order valence-corrected chi connectivity index (χ4v) is 4.37. The minimum atomic E-state index is -0.280. The largest absolute Gasteiger partial charge is 0.465 e. The molecule has 1 aliphatic rings. The molecule has 2 aromatic carbocycles. The van der Waals surface area contributed by atoms with E-state index in [-0.39, 0.29) is 5.97 Å².